The summed E-state index contributed by atoms with van der Waals surface area (Å²) in [5.74, 6) is 0.515. The van der Waals surface area contributed by atoms with Crippen molar-refractivity contribution < 1.29 is 9.53 Å². The molecule has 0 fully saturated rings. The highest BCUT2D eigenvalue weighted by molar-refractivity contribution is 9.10. The summed E-state index contributed by atoms with van der Waals surface area (Å²) in [7, 11) is 0. The van der Waals surface area contributed by atoms with Gasteiger partial charge in [0.2, 0.25) is 0 Å². The van der Waals surface area contributed by atoms with Crippen molar-refractivity contribution in [3.8, 4) is 5.75 Å². The molecule has 2 rings (SSSR count). The van der Waals surface area contributed by atoms with Gasteiger partial charge in [-0.1, -0.05) is 35.0 Å². The van der Waals surface area contributed by atoms with E-state index in [1.54, 1.807) is 24.3 Å². The average molecular weight is 375 g/mol. The Balaban J connectivity index is 1.98. The van der Waals surface area contributed by atoms with Crippen LogP contribution in [0.1, 0.15) is 36.2 Å². The Kier molecular flexibility index (Phi) is 6.35. The number of rotatable bonds is 6. The summed E-state index contributed by atoms with van der Waals surface area (Å²) < 4.78 is 6.50. The predicted molar refractivity (Wildman–Crippen MR) is 96.0 cm³/mol. The first-order valence-electron chi connectivity index (χ1n) is 7.43. The zero-order chi connectivity index (χ0) is 16.7. The summed E-state index contributed by atoms with van der Waals surface area (Å²) in [6.45, 7) is 4.57. The van der Waals surface area contributed by atoms with E-state index in [2.05, 4.69) is 26.5 Å². The van der Waals surface area contributed by atoms with Gasteiger partial charge < -0.3 is 4.74 Å². The molecule has 0 saturated heterocycles. The van der Waals surface area contributed by atoms with Gasteiger partial charge in [0.15, 0.2) is 0 Å². The molecule has 0 aromatic heterocycles. The Hall–Kier alpha value is -2.14. The molecule has 0 unspecified atom stereocenters. The number of ether oxygens (including phenoxy) is 1. The normalized spacial score (nSPS) is 11.2. The molecular formula is C18H19BrN2O2. The molecule has 4 nitrogen and oxygen atoms in total. The largest absolute Gasteiger partial charge is 0.494 e. The third kappa shape index (κ3) is 5.21. The van der Waals surface area contributed by atoms with E-state index in [4.69, 9.17) is 4.74 Å². The second kappa shape index (κ2) is 8.48. The molecule has 1 amide bonds. The van der Waals surface area contributed by atoms with E-state index in [0.29, 0.717) is 12.2 Å². The van der Waals surface area contributed by atoms with Crippen LogP contribution in [0.25, 0.3) is 0 Å². The maximum atomic E-state index is 12.1. The number of benzene rings is 2. The van der Waals surface area contributed by atoms with Gasteiger partial charge in [0, 0.05) is 10.0 Å². The molecule has 2 aromatic carbocycles. The first-order chi connectivity index (χ1) is 11.1. The van der Waals surface area contributed by atoms with Gasteiger partial charge in [-0.15, -0.1) is 0 Å². The van der Waals surface area contributed by atoms with E-state index in [1.165, 1.54) is 0 Å². The van der Waals surface area contributed by atoms with Crippen LogP contribution in [-0.4, -0.2) is 18.2 Å². The van der Waals surface area contributed by atoms with Crippen molar-refractivity contribution in [2.45, 2.75) is 20.3 Å². The second-order valence-corrected chi connectivity index (χ2v) is 5.93. The van der Waals surface area contributed by atoms with E-state index in [9.17, 15) is 4.79 Å². The quantitative estimate of drug-likeness (QED) is 0.601. The molecule has 120 valence electrons. The second-order valence-electron chi connectivity index (χ2n) is 5.02. The van der Waals surface area contributed by atoms with Crippen LogP contribution >= 0.6 is 15.9 Å². The lowest BCUT2D eigenvalue weighted by atomic mass is 10.1. The number of hydrogen-bond donors (Lipinski definition) is 1. The van der Waals surface area contributed by atoms with Gasteiger partial charge in [0.1, 0.15) is 5.75 Å². The maximum Gasteiger partial charge on any atom is 0.271 e. The molecule has 0 saturated carbocycles. The number of nitrogens with zero attached hydrogens (tertiary/aromatic N) is 1. The molecule has 0 bridgehead atoms. The fourth-order valence-electron chi connectivity index (χ4n) is 1.88. The van der Waals surface area contributed by atoms with Crippen LogP contribution < -0.4 is 10.2 Å². The van der Waals surface area contributed by atoms with E-state index < -0.39 is 0 Å². The molecule has 5 heteroatoms. The third-order valence-corrected chi connectivity index (χ3v) is 3.71. The molecule has 1 N–H and O–H groups in total. The zero-order valence-corrected chi connectivity index (χ0v) is 14.8. The minimum atomic E-state index is -0.247. The van der Waals surface area contributed by atoms with Crippen LogP contribution in [0.3, 0.4) is 0 Å². The number of hydrazone groups is 1. The highest BCUT2D eigenvalue weighted by Crippen LogP contribution is 2.13. The summed E-state index contributed by atoms with van der Waals surface area (Å²) in [6, 6.07) is 14.8. The summed E-state index contributed by atoms with van der Waals surface area (Å²) in [5.41, 5.74) is 4.81. The number of amides is 1. The van der Waals surface area contributed by atoms with E-state index in [0.717, 1.165) is 27.9 Å². The van der Waals surface area contributed by atoms with E-state index >= 15 is 0 Å². The van der Waals surface area contributed by atoms with Crippen LogP contribution in [0.2, 0.25) is 0 Å². The molecule has 0 aliphatic rings. The lowest BCUT2D eigenvalue weighted by Crippen LogP contribution is -2.19. The molecule has 2 aromatic rings. The predicted octanol–water partition coefficient (Wildman–Crippen LogP) is 4.39. The number of carbonyl (C=O) groups excluding carboxylic acids is 1. The Morgan fingerprint density at radius 1 is 1.09 bits per heavy atom. The maximum absolute atomic E-state index is 12.1. The lowest BCUT2D eigenvalue weighted by Gasteiger charge is -2.06. The smallest absolute Gasteiger partial charge is 0.271 e. The van der Waals surface area contributed by atoms with Crippen LogP contribution in [0.15, 0.2) is 58.1 Å². The summed E-state index contributed by atoms with van der Waals surface area (Å²) in [4.78, 5) is 12.1. The van der Waals surface area contributed by atoms with Crippen molar-refractivity contribution in [2.24, 2.45) is 5.10 Å². The Bertz CT molecular complexity index is 679. The molecule has 0 atom stereocenters. The first kappa shape index (κ1) is 17.2. The van der Waals surface area contributed by atoms with Gasteiger partial charge in [0.25, 0.3) is 5.91 Å². The van der Waals surface area contributed by atoms with Crippen LogP contribution in [-0.2, 0) is 0 Å². The highest BCUT2D eigenvalue weighted by atomic mass is 79.9. The van der Waals surface area contributed by atoms with Gasteiger partial charge in [-0.05, 0) is 55.3 Å². The van der Waals surface area contributed by atoms with Crippen LogP contribution in [0.4, 0.5) is 0 Å². The standard InChI is InChI=1S/C18H19BrN2O2/c1-3-12-23-17-10-6-15(7-11-17)18(22)21-20-13(2)14-4-8-16(19)9-5-14/h4-11H,3,12H2,1-2H3,(H,21,22)/b20-13-. The average Bonchev–Trinajstić information content (AvgIpc) is 2.58. The number of carbonyl (C=O) groups is 1. The fourth-order valence-corrected chi connectivity index (χ4v) is 2.14. The molecule has 0 aliphatic heterocycles. The fraction of sp³-hybridized carbons (Fsp3) is 0.222. The van der Waals surface area contributed by atoms with Crippen molar-refractivity contribution in [3.05, 3.63) is 64.1 Å². The SMILES string of the molecule is CCCOc1ccc(C(=O)N/N=C(/C)c2ccc(Br)cc2)cc1. The highest BCUT2D eigenvalue weighted by Gasteiger charge is 2.05. The molecule has 0 radical (unpaired) electrons. The Morgan fingerprint density at radius 2 is 1.70 bits per heavy atom. The van der Waals surface area contributed by atoms with Crippen molar-refractivity contribution in [2.75, 3.05) is 6.61 Å². The van der Waals surface area contributed by atoms with Crippen molar-refractivity contribution in [1.82, 2.24) is 5.43 Å². The topological polar surface area (TPSA) is 50.7 Å². The van der Waals surface area contributed by atoms with E-state index in [1.807, 2.05) is 38.1 Å². The summed E-state index contributed by atoms with van der Waals surface area (Å²) in [6.07, 6.45) is 0.951. The summed E-state index contributed by atoms with van der Waals surface area (Å²) >= 11 is 3.39. The van der Waals surface area contributed by atoms with Crippen molar-refractivity contribution in [3.63, 3.8) is 0 Å². The first-order valence-corrected chi connectivity index (χ1v) is 8.23. The van der Waals surface area contributed by atoms with Crippen molar-refractivity contribution >= 4 is 27.5 Å². The molecule has 0 aliphatic carbocycles. The van der Waals surface area contributed by atoms with Gasteiger partial charge >= 0.3 is 0 Å². The van der Waals surface area contributed by atoms with Crippen LogP contribution in [0.5, 0.6) is 5.75 Å². The Labute approximate surface area is 144 Å². The molecule has 0 heterocycles. The van der Waals surface area contributed by atoms with Gasteiger partial charge in [-0.25, -0.2) is 5.43 Å². The minimum absolute atomic E-state index is 0.247. The number of nitrogens with one attached hydrogen (secondary N) is 1. The number of halogens is 1. The Morgan fingerprint density at radius 3 is 2.30 bits per heavy atom. The minimum Gasteiger partial charge on any atom is -0.494 e. The van der Waals surface area contributed by atoms with Crippen molar-refractivity contribution in [1.29, 1.82) is 0 Å². The monoisotopic (exact) mass is 374 g/mol. The molecule has 23 heavy (non-hydrogen) atoms. The lowest BCUT2D eigenvalue weighted by molar-refractivity contribution is 0.0955. The van der Waals surface area contributed by atoms with Gasteiger partial charge in [0.05, 0.1) is 12.3 Å². The summed E-state index contributed by atoms with van der Waals surface area (Å²) in [5, 5.41) is 4.14. The van der Waals surface area contributed by atoms with Gasteiger partial charge in [-0.3, -0.25) is 4.79 Å². The zero-order valence-electron chi connectivity index (χ0n) is 13.2. The van der Waals surface area contributed by atoms with Gasteiger partial charge in [-0.2, -0.15) is 5.10 Å². The number of hydrogen-bond acceptors (Lipinski definition) is 3. The van der Waals surface area contributed by atoms with Crippen LogP contribution in [0, 0.1) is 0 Å². The van der Waals surface area contributed by atoms with E-state index in [-0.39, 0.29) is 5.91 Å². The molecular weight excluding hydrogens is 356 g/mol. The third-order valence-electron chi connectivity index (χ3n) is 3.18. The molecule has 0 spiro atoms.